The highest BCUT2D eigenvalue weighted by Crippen LogP contribution is 2.36. The van der Waals surface area contributed by atoms with Crippen LogP contribution < -0.4 is 10.1 Å². The molecular formula is C24H17Br2IN2O3. The Hall–Kier alpha value is -2.17. The molecule has 1 fully saturated rings. The molecule has 1 aliphatic rings. The van der Waals surface area contributed by atoms with E-state index in [9.17, 15) is 9.59 Å². The van der Waals surface area contributed by atoms with Crippen LogP contribution in [-0.2, 0) is 17.9 Å². The monoisotopic (exact) mass is 666 g/mol. The lowest BCUT2D eigenvalue weighted by molar-refractivity contribution is -0.123. The third kappa shape index (κ3) is 5.41. The first-order valence-corrected chi connectivity index (χ1v) is 12.3. The number of benzene rings is 3. The van der Waals surface area contributed by atoms with Crippen molar-refractivity contribution in [2.45, 2.75) is 13.2 Å². The van der Waals surface area contributed by atoms with E-state index in [-0.39, 0.29) is 18.1 Å². The van der Waals surface area contributed by atoms with Gasteiger partial charge in [-0.25, -0.2) is 4.79 Å². The number of carbonyl (C=O) groups is 2. The molecule has 0 aromatic heterocycles. The topological polar surface area (TPSA) is 58.6 Å². The molecule has 1 heterocycles. The van der Waals surface area contributed by atoms with Crippen LogP contribution in [0.5, 0.6) is 5.75 Å². The molecule has 0 saturated carbocycles. The van der Waals surface area contributed by atoms with Crippen molar-refractivity contribution < 1.29 is 14.3 Å². The van der Waals surface area contributed by atoms with Crippen LogP contribution in [0, 0.1) is 3.57 Å². The molecule has 0 aliphatic carbocycles. The van der Waals surface area contributed by atoms with E-state index in [1.54, 1.807) is 6.08 Å². The molecular weight excluding hydrogens is 651 g/mol. The van der Waals surface area contributed by atoms with Crippen molar-refractivity contribution in [3.05, 3.63) is 102 Å². The van der Waals surface area contributed by atoms with E-state index in [4.69, 9.17) is 4.74 Å². The van der Waals surface area contributed by atoms with Crippen LogP contribution in [0.1, 0.15) is 16.7 Å². The van der Waals surface area contributed by atoms with E-state index < -0.39 is 6.03 Å². The number of urea groups is 1. The van der Waals surface area contributed by atoms with Crippen molar-refractivity contribution in [3.63, 3.8) is 0 Å². The number of hydrogen-bond donors (Lipinski definition) is 1. The SMILES string of the molecule is O=C1N/C(=C/c2cc(Br)c(OCc3ccc(I)cc3)c(Br)c2)C(=O)N1Cc1ccccc1. The van der Waals surface area contributed by atoms with Crippen molar-refractivity contribution in [2.24, 2.45) is 0 Å². The third-order valence-electron chi connectivity index (χ3n) is 4.77. The number of carbonyl (C=O) groups excluding carboxylic acids is 2. The fourth-order valence-electron chi connectivity index (χ4n) is 3.18. The van der Waals surface area contributed by atoms with E-state index in [0.29, 0.717) is 12.4 Å². The molecule has 4 rings (SSSR count). The van der Waals surface area contributed by atoms with Gasteiger partial charge in [0, 0.05) is 3.57 Å². The molecule has 0 atom stereocenters. The third-order valence-corrected chi connectivity index (χ3v) is 6.67. The maximum Gasteiger partial charge on any atom is 0.329 e. The van der Waals surface area contributed by atoms with Gasteiger partial charge < -0.3 is 10.1 Å². The lowest BCUT2D eigenvalue weighted by Crippen LogP contribution is -2.30. The van der Waals surface area contributed by atoms with Gasteiger partial charge >= 0.3 is 6.03 Å². The summed E-state index contributed by atoms with van der Waals surface area (Å²) in [6.07, 6.45) is 1.66. The molecule has 5 nitrogen and oxygen atoms in total. The summed E-state index contributed by atoms with van der Waals surface area (Å²) in [6.45, 7) is 0.652. The maximum absolute atomic E-state index is 12.8. The van der Waals surface area contributed by atoms with Crippen LogP contribution in [-0.4, -0.2) is 16.8 Å². The number of rotatable bonds is 6. The molecule has 8 heteroatoms. The quantitative estimate of drug-likeness (QED) is 0.186. The number of imide groups is 1. The second kappa shape index (κ2) is 10.2. The molecule has 1 N–H and O–H groups in total. The zero-order valence-corrected chi connectivity index (χ0v) is 22.0. The summed E-state index contributed by atoms with van der Waals surface area (Å²) >= 11 is 9.36. The summed E-state index contributed by atoms with van der Waals surface area (Å²) in [5.41, 5.74) is 2.93. The molecule has 0 spiro atoms. The molecule has 3 aromatic rings. The van der Waals surface area contributed by atoms with E-state index in [1.807, 2.05) is 66.7 Å². The Labute approximate surface area is 216 Å². The van der Waals surface area contributed by atoms with Crippen LogP contribution in [0.25, 0.3) is 6.08 Å². The Bertz CT molecular complexity index is 1170. The molecule has 0 unspecified atom stereocenters. The first-order chi connectivity index (χ1) is 15.4. The van der Waals surface area contributed by atoms with Gasteiger partial charge in [0.1, 0.15) is 18.1 Å². The summed E-state index contributed by atoms with van der Waals surface area (Å²) in [5.74, 6) is 0.309. The van der Waals surface area contributed by atoms with Crippen LogP contribution >= 0.6 is 54.5 Å². The Balaban J connectivity index is 1.49. The average Bonchev–Trinajstić information content (AvgIpc) is 3.02. The number of nitrogens with zero attached hydrogens (tertiary/aromatic N) is 1. The zero-order chi connectivity index (χ0) is 22.7. The lowest BCUT2D eigenvalue weighted by atomic mass is 10.1. The van der Waals surface area contributed by atoms with Crippen molar-refractivity contribution in [1.29, 1.82) is 0 Å². The van der Waals surface area contributed by atoms with Gasteiger partial charge in [-0.15, -0.1) is 0 Å². The molecule has 162 valence electrons. The minimum absolute atomic E-state index is 0.224. The fourth-order valence-corrected chi connectivity index (χ4v) is 5.00. The van der Waals surface area contributed by atoms with Crippen LogP contribution in [0.15, 0.2) is 81.4 Å². The number of hydrogen-bond acceptors (Lipinski definition) is 3. The summed E-state index contributed by atoms with van der Waals surface area (Å²) in [4.78, 5) is 26.3. The van der Waals surface area contributed by atoms with Gasteiger partial charge in [0.05, 0.1) is 15.5 Å². The standard InChI is InChI=1S/C24H17Br2IN2O3/c25-19-10-17(11-20(26)22(19)32-14-16-6-8-18(27)9-7-16)12-21-23(30)29(24(31)28-21)13-15-4-2-1-3-5-15/h1-12H,13-14H2,(H,28,31)/b21-12+. The van der Waals surface area contributed by atoms with Gasteiger partial charge in [0.25, 0.3) is 5.91 Å². The second-order valence-corrected chi connectivity index (χ2v) is 10.0. The van der Waals surface area contributed by atoms with E-state index in [0.717, 1.165) is 25.6 Å². The Kier molecular flexibility index (Phi) is 7.32. The van der Waals surface area contributed by atoms with Gasteiger partial charge in [-0.05, 0) is 101 Å². The second-order valence-electron chi connectivity index (χ2n) is 7.09. The van der Waals surface area contributed by atoms with E-state index in [1.165, 1.54) is 8.47 Å². The summed E-state index contributed by atoms with van der Waals surface area (Å²) in [7, 11) is 0. The van der Waals surface area contributed by atoms with Crippen molar-refractivity contribution in [2.75, 3.05) is 0 Å². The first-order valence-electron chi connectivity index (χ1n) is 9.65. The van der Waals surface area contributed by atoms with Gasteiger partial charge in [0.2, 0.25) is 0 Å². The van der Waals surface area contributed by atoms with E-state index in [2.05, 4.69) is 59.8 Å². The zero-order valence-electron chi connectivity index (χ0n) is 16.6. The van der Waals surface area contributed by atoms with Gasteiger partial charge in [-0.3, -0.25) is 9.69 Å². The Morgan fingerprint density at radius 3 is 2.25 bits per heavy atom. The smallest absolute Gasteiger partial charge is 0.329 e. The fraction of sp³-hybridized carbons (Fsp3) is 0.0833. The number of nitrogens with one attached hydrogen (secondary N) is 1. The Morgan fingerprint density at radius 1 is 0.938 bits per heavy atom. The van der Waals surface area contributed by atoms with Crippen molar-refractivity contribution in [1.82, 2.24) is 10.2 Å². The average molecular weight is 668 g/mol. The number of ether oxygens (including phenoxy) is 1. The highest BCUT2D eigenvalue weighted by atomic mass is 127. The predicted molar refractivity (Wildman–Crippen MR) is 139 cm³/mol. The molecule has 0 bridgehead atoms. The van der Waals surface area contributed by atoms with Crippen molar-refractivity contribution >= 4 is 72.5 Å². The summed E-state index contributed by atoms with van der Waals surface area (Å²) in [6, 6.07) is 20.8. The molecule has 3 aromatic carbocycles. The van der Waals surface area contributed by atoms with Crippen LogP contribution in [0.2, 0.25) is 0 Å². The lowest BCUT2D eigenvalue weighted by Gasteiger charge is -2.12. The number of halogens is 3. The number of amides is 3. The predicted octanol–water partition coefficient (Wildman–Crippen LogP) is 6.49. The molecule has 3 amide bonds. The van der Waals surface area contributed by atoms with Crippen molar-refractivity contribution in [3.8, 4) is 5.75 Å². The normalized spacial score (nSPS) is 14.7. The summed E-state index contributed by atoms with van der Waals surface area (Å²) in [5, 5.41) is 2.66. The van der Waals surface area contributed by atoms with Crippen LogP contribution in [0.3, 0.4) is 0 Å². The first kappa shape index (κ1) is 23.0. The Morgan fingerprint density at radius 2 is 1.59 bits per heavy atom. The van der Waals surface area contributed by atoms with Gasteiger partial charge in [0.15, 0.2) is 0 Å². The maximum atomic E-state index is 12.8. The molecule has 1 saturated heterocycles. The highest BCUT2D eigenvalue weighted by molar-refractivity contribution is 14.1. The van der Waals surface area contributed by atoms with Crippen LogP contribution in [0.4, 0.5) is 4.79 Å². The summed E-state index contributed by atoms with van der Waals surface area (Å²) < 4.78 is 8.62. The van der Waals surface area contributed by atoms with Gasteiger partial charge in [-0.2, -0.15) is 0 Å². The molecule has 32 heavy (non-hydrogen) atoms. The van der Waals surface area contributed by atoms with Gasteiger partial charge in [-0.1, -0.05) is 42.5 Å². The minimum atomic E-state index is -0.430. The minimum Gasteiger partial charge on any atom is -0.487 e. The largest absolute Gasteiger partial charge is 0.487 e. The highest BCUT2D eigenvalue weighted by Gasteiger charge is 2.33. The molecule has 0 radical (unpaired) electrons. The molecule has 1 aliphatic heterocycles. The van der Waals surface area contributed by atoms with E-state index >= 15 is 0 Å².